The Balaban J connectivity index is 1.77. The van der Waals surface area contributed by atoms with E-state index in [0.29, 0.717) is 11.3 Å². The van der Waals surface area contributed by atoms with Crippen molar-refractivity contribution in [2.24, 2.45) is 0 Å². The van der Waals surface area contributed by atoms with Gasteiger partial charge in [-0.05, 0) is 68.5 Å². The lowest BCUT2D eigenvalue weighted by atomic mass is 10.0. The third-order valence-corrected chi connectivity index (χ3v) is 5.74. The molecule has 1 fully saturated rings. The number of nitrogens with one attached hydrogen (secondary N) is 2. The van der Waals surface area contributed by atoms with E-state index in [0.717, 1.165) is 49.4 Å². The number of amides is 2. The average molecular weight is 424 g/mol. The van der Waals surface area contributed by atoms with E-state index in [1.165, 1.54) is 6.42 Å². The van der Waals surface area contributed by atoms with Crippen LogP contribution < -0.4 is 20.3 Å². The van der Waals surface area contributed by atoms with Crippen molar-refractivity contribution in [1.82, 2.24) is 5.32 Å². The predicted octanol–water partition coefficient (Wildman–Crippen LogP) is 4.40. The van der Waals surface area contributed by atoms with Crippen molar-refractivity contribution in [1.29, 1.82) is 0 Å². The van der Waals surface area contributed by atoms with Crippen LogP contribution in [0, 0.1) is 0 Å². The van der Waals surface area contributed by atoms with E-state index >= 15 is 0 Å². The smallest absolute Gasteiger partial charge is 0.253 e. The molecule has 2 N–H and O–H groups in total. The number of nitrogens with zero attached hydrogens (tertiary/aromatic N) is 1. The first-order valence-electron chi connectivity index (χ1n) is 11.1. The van der Waals surface area contributed by atoms with Crippen LogP contribution in [0.4, 0.5) is 11.4 Å². The normalized spacial score (nSPS) is 14.6. The van der Waals surface area contributed by atoms with Crippen LogP contribution in [0.3, 0.4) is 0 Å². The van der Waals surface area contributed by atoms with E-state index in [2.05, 4.69) is 15.5 Å². The minimum Gasteiger partial charge on any atom is -0.497 e. The summed E-state index contributed by atoms with van der Waals surface area (Å²) in [6, 6.07) is 13.2. The molecular weight excluding hydrogens is 390 g/mol. The molecule has 1 aliphatic rings. The summed E-state index contributed by atoms with van der Waals surface area (Å²) >= 11 is 0. The molecule has 6 heteroatoms. The van der Waals surface area contributed by atoms with Crippen molar-refractivity contribution in [2.75, 3.05) is 30.4 Å². The summed E-state index contributed by atoms with van der Waals surface area (Å²) in [7, 11) is 1.62. The molecule has 31 heavy (non-hydrogen) atoms. The highest BCUT2D eigenvalue weighted by Crippen LogP contribution is 2.27. The third kappa shape index (κ3) is 6.23. The third-order valence-electron chi connectivity index (χ3n) is 5.74. The second kappa shape index (κ2) is 10.8. The van der Waals surface area contributed by atoms with Crippen LogP contribution in [0.2, 0.25) is 0 Å². The molecule has 0 aliphatic carbocycles. The predicted molar refractivity (Wildman–Crippen MR) is 125 cm³/mol. The first-order valence-corrected chi connectivity index (χ1v) is 11.1. The standard InChI is InChI=1S/C25H33N3O3/c1-4-18(2)26-25(30)22-17-20(10-13-23(22)28-14-6-5-7-15-28)27-24(29)16-19-8-11-21(31-3)12-9-19/h8-13,17-18H,4-7,14-16H2,1-3H3,(H,26,30)(H,27,29). The van der Waals surface area contributed by atoms with Crippen LogP contribution in [-0.4, -0.2) is 38.1 Å². The summed E-state index contributed by atoms with van der Waals surface area (Å²) in [5.74, 6) is 0.541. The molecular formula is C25H33N3O3. The van der Waals surface area contributed by atoms with Crippen molar-refractivity contribution in [2.45, 2.75) is 52.0 Å². The number of carbonyl (C=O) groups excluding carboxylic acids is 2. The largest absolute Gasteiger partial charge is 0.497 e. The van der Waals surface area contributed by atoms with Gasteiger partial charge in [-0.25, -0.2) is 0 Å². The van der Waals surface area contributed by atoms with Gasteiger partial charge in [-0.1, -0.05) is 19.1 Å². The van der Waals surface area contributed by atoms with Crippen LogP contribution in [0.1, 0.15) is 55.5 Å². The number of ether oxygens (including phenoxy) is 1. The Bertz CT molecular complexity index is 889. The van der Waals surface area contributed by atoms with Gasteiger partial charge in [0.15, 0.2) is 0 Å². The quantitative estimate of drug-likeness (QED) is 0.660. The fourth-order valence-corrected chi connectivity index (χ4v) is 3.74. The maximum absolute atomic E-state index is 13.0. The van der Waals surface area contributed by atoms with Gasteiger partial charge in [0.25, 0.3) is 5.91 Å². The Kier molecular flexibility index (Phi) is 7.93. The zero-order valence-corrected chi connectivity index (χ0v) is 18.7. The molecule has 3 rings (SSSR count). The van der Waals surface area contributed by atoms with E-state index in [9.17, 15) is 9.59 Å². The van der Waals surface area contributed by atoms with Gasteiger partial charge in [0.2, 0.25) is 5.91 Å². The van der Waals surface area contributed by atoms with Gasteiger partial charge in [0.05, 0.1) is 19.1 Å². The number of benzene rings is 2. The minimum absolute atomic E-state index is 0.0926. The van der Waals surface area contributed by atoms with Gasteiger partial charge in [0.1, 0.15) is 5.75 Å². The molecule has 1 heterocycles. The summed E-state index contributed by atoms with van der Waals surface area (Å²) < 4.78 is 5.16. The maximum Gasteiger partial charge on any atom is 0.253 e. The zero-order valence-electron chi connectivity index (χ0n) is 18.7. The van der Waals surface area contributed by atoms with Gasteiger partial charge in [-0.3, -0.25) is 9.59 Å². The maximum atomic E-state index is 13.0. The number of anilines is 2. The molecule has 0 aromatic heterocycles. The second-order valence-electron chi connectivity index (χ2n) is 8.14. The van der Waals surface area contributed by atoms with Crippen LogP contribution in [0.25, 0.3) is 0 Å². The molecule has 1 saturated heterocycles. The van der Waals surface area contributed by atoms with Crippen molar-refractivity contribution in [3.05, 3.63) is 53.6 Å². The number of rotatable bonds is 8. The van der Waals surface area contributed by atoms with Gasteiger partial charge >= 0.3 is 0 Å². The van der Waals surface area contributed by atoms with Gasteiger partial charge in [-0.2, -0.15) is 0 Å². The highest BCUT2D eigenvalue weighted by atomic mass is 16.5. The zero-order chi connectivity index (χ0) is 22.2. The number of hydrogen-bond acceptors (Lipinski definition) is 4. The Hall–Kier alpha value is -3.02. The minimum atomic E-state index is -0.121. The number of carbonyl (C=O) groups is 2. The van der Waals surface area contributed by atoms with E-state index in [1.54, 1.807) is 13.2 Å². The van der Waals surface area contributed by atoms with Gasteiger partial charge < -0.3 is 20.3 Å². The van der Waals surface area contributed by atoms with Crippen molar-refractivity contribution in [3.63, 3.8) is 0 Å². The van der Waals surface area contributed by atoms with Gasteiger partial charge in [0, 0.05) is 30.5 Å². The van der Waals surface area contributed by atoms with Gasteiger partial charge in [-0.15, -0.1) is 0 Å². The Morgan fingerprint density at radius 2 is 1.77 bits per heavy atom. The summed E-state index contributed by atoms with van der Waals surface area (Å²) in [4.78, 5) is 27.9. The lowest BCUT2D eigenvalue weighted by Gasteiger charge is -2.31. The summed E-state index contributed by atoms with van der Waals surface area (Å²) in [6.45, 7) is 5.95. The van der Waals surface area contributed by atoms with E-state index in [1.807, 2.05) is 50.2 Å². The molecule has 1 atom stereocenters. The monoisotopic (exact) mass is 423 g/mol. The van der Waals surface area contributed by atoms with Crippen LogP contribution >= 0.6 is 0 Å². The lowest BCUT2D eigenvalue weighted by molar-refractivity contribution is -0.115. The van der Waals surface area contributed by atoms with E-state index in [4.69, 9.17) is 4.74 Å². The molecule has 166 valence electrons. The first kappa shape index (κ1) is 22.7. The Labute approximate surface area is 185 Å². The molecule has 1 aliphatic heterocycles. The van der Waals surface area contributed by atoms with Crippen LogP contribution in [-0.2, 0) is 11.2 Å². The highest BCUT2D eigenvalue weighted by molar-refractivity contribution is 6.02. The Morgan fingerprint density at radius 3 is 2.42 bits per heavy atom. The molecule has 1 unspecified atom stereocenters. The molecule has 2 aromatic carbocycles. The molecule has 6 nitrogen and oxygen atoms in total. The van der Waals surface area contributed by atoms with Crippen molar-refractivity contribution >= 4 is 23.2 Å². The molecule has 0 bridgehead atoms. The fraction of sp³-hybridized carbons (Fsp3) is 0.440. The summed E-state index contributed by atoms with van der Waals surface area (Å²) in [5.41, 5.74) is 3.09. The number of piperidine rings is 1. The topological polar surface area (TPSA) is 70.7 Å². The molecule has 0 radical (unpaired) electrons. The van der Waals surface area contributed by atoms with E-state index in [-0.39, 0.29) is 24.3 Å². The lowest BCUT2D eigenvalue weighted by Crippen LogP contribution is -2.35. The second-order valence-corrected chi connectivity index (χ2v) is 8.14. The van der Waals surface area contributed by atoms with Crippen LogP contribution in [0.15, 0.2) is 42.5 Å². The molecule has 0 saturated carbocycles. The first-order chi connectivity index (χ1) is 15.0. The summed E-state index contributed by atoms with van der Waals surface area (Å²) in [5, 5.41) is 6.01. The fourth-order valence-electron chi connectivity index (χ4n) is 3.74. The number of hydrogen-bond donors (Lipinski definition) is 2. The van der Waals surface area contributed by atoms with Crippen molar-refractivity contribution in [3.8, 4) is 5.75 Å². The molecule has 0 spiro atoms. The number of methoxy groups -OCH3 is 1. The summed E-state index contributed by atoms with van der Waals surface area (Å²) in [6.07, 6.45) is 4.61. The molecule has 2 aromatic rings. The SMILES string of the molecule is CCC(C)NC(=O)c1cc(NC(=O)Cc2ccc(OC)cc2)ccc1N1CCCCC1. The average Bonchev–Trinajstić information content (AvgIpc) is 2.80. The van der Waals surface area contributed by atoms with Crippen LogP contribution in [0.5, 0.6) is 5.75 Å². The van der Waals surface area contributed by atoms with E-state index < -0.39 is 0 Å². The molecule has 2 amide bonds. The highest BCUT2D eigenvalue weighted by Gasteiger charge is 2.20. The Morgan fingerprint density at radius 1 is 1.06 bits per heavy atom. The van der Waals surface area contributed by atoms with Crippen molar-refractivity contribution < 1.29 is 14.3 Å².